The van der Waals surface area contributed by atoms with Crippen molar-refractivity contribution in [3.05, 3.63) is 45.6 Å². The third-order valence-electron chi connectivity index (χ3n) is 3.51. The molecule has 2 aromatic rings. The molecule has 0 aliphatic heterocycles. The molecule has 0 spiro atoms. The maximum Gasteiger partial charge on any atom is 0.255 e. The molecule has 1 aromatic carbocycles. The van der Waals surface area contributed by atoms with Crippen molar-refractivity contribution in [2.45, 2.75) is 33.1 Å². The van der Waals surface area contributed by atoms with Crippen molar-refractivity contribution in [1.82, 2.24) is 0 Å². The average Bonchev–Trinajstić information content (AvgIpc) is 2.84. The third-order valence-corrected chi connectivity index (χ3v) is 4.52. The van der Waals surface area contributed by atoms with Crippen LogP contribution in [0.2, 0.25) is 0 Å². The Morgan fingerprint density at radius 1 is 1.21 bits per heavy atom. The Balaban J connectivity index is 1.75. The van der Waals surface area contributed by atoms with Gasteiger partial charge in [-0.25, -0.2) is 0 Å². The molecule has 128 valence electrons. The van der Waals surface area contributed by atoms with Gasteiger partial charge in [-0.3, -0.25) is 9.59 Å². The lowest BCUT2D eigenvalue weighted by Crippen LogP contribution is -2.20. The molecule has 0 saturated carbocycles. The summed E-state index contributed by atoms with van der Waals surface area (Å²) in [5.41, 5.74) is 7.05. The molecular weight excluding hydrogens is 324 g/mol. The first-order chi connectivity index (χ1) is 11.4. The van der Waals surface area contributed by atoms with Gasteiger partial charge >= 0.3 is 0 Å². The van der Waals surface area contributed by atoms with Crippen molar-refractivity contribution in [1.29, 1.82) is 0 Å². The molecule has 1 heterocycles. The van der Waals surface area contributed by atoms with Gasteiger partial charge < -0.3 is 15.8 Å². The van der Waals surface area contributed by atoms with E-state index in [0.29, 0.717) is 17.9 Å². The predicted molar refractivity (Wildman–Crippen MR) is 96.5 cm³/mol. The number of nitrogens with one attached hydrogen (secondary N) is 1. The number of nitrogens with two attached hydrogens (primary N) is 1. The molecule has 5 nitrogen and oxygen atoms in total. The summed E-state index contributed by atoms with van der Waals surface area (Å²) in [7, 11) is 0. The van der Waals surface area contributed by atoms with E-state index in [1.54, 1.807) is 35.6 Å². The van der Waals surface area contributed by atoms with Crippen molar-refractivity contribution in [2.24, 2.45) is 5.73 Å². The van der Waals surface area contributed by atoms with E-state index in [2.05, 4.69) is 25.2 Å². The molecule has 6 heteroatoms. The molecule has 1 aromatic heterocycles. The van der Waals surface area contributed by atoms with Crippen molar-refractivity contribution in [2.75, 3.05) is 11.9 Å². The van der Waals surface area contributed by atoms with Gasteiger partial charge in [0.1, 0.15) is 5.75 Å². The Labute approximate surface area is 145 Å². The predicted octanol–water partition coefficient (Wildman–Crippen LogP) is 3.19. The Morgan fingerprint density at radius 3 is 2.50 bits per heavy atom. The summed E-state index contributed by atoms with van der Waals surface area (Å²) in [5.74, 6) is 0.00365. The number of thiophene rings is 1. The number of carbonyl (C=O) groups is 2. The van der Waals surface area contributed by atoms with Crippen molar-refractivity contribution < 1.29 is 14.3 Å². The fourth-order valence-corrected chi connectivity index (χ4v) is 3.36. The molecule has 0 bridgehead atoms. The van der Waals surface area contributed by atoms with E-state index in [4.69, 9.17) is 10.5 Å². The van der Waals surface area contributed by atoms with Crippen LogP contribution in [-0.4, -0.2) is 18.4 Å². The average molecular weight is 346 g/mol. The summed E-state index contributed by atoms with van der Waals surface area (Å²) < 4.78 is 5.17. The van der Waals surface area contributed by atoms with Crippen LogP contribution in [0, 0.1) is 13.8 Å². The minimum absolute atomic E-state index is 0.00888. The van der Waals surface area contributed by atoms with Crippen LogP contribution < -0.4 is 15.8 Å². The Kier molecular flexibility index (Phi) is 6.37. The van der Waals surface area contributed by atoms with Crippen LogP contribution in [-0.2, 0) is 16.0 Å². The number of hydrogen-bond acceptors (Lipinski definition) is 4. The topological polar surface area (TPSA) is 81.4 Å². The number of amides is 2. The van der Waals surface area contributed by atoms with Gasteiger partial charge in [0.25, 0.3) is 5.91 Å². The van der Waals surface area contributed by atoms with Crippen LogP contribution in [0.25, 0.3) is 0 Å². The molecule has 2 amide bonds. The molecule has 0 atom stereocenters. The first-order valence-electron chi connectivity index (χ1n) is 7.81. The van der Waals surface area contributed by atoms with E-state index in [1.807, 2.05) is 0 Å². The van der Waals surface area contributed by atoms with Gasteiger partial charge in [0.05, 0.1) is 0 Å². The maximum atomic E-state index is 12.0. The van der Waals surface area contributed by atoms with E-state index >= 15 is 0 Å². The first-order valence-corrected chi connectivity index (χ1v) is 8.62. The number of anilines is 1. The van der Waals surface area contributed by atoms with Gasteiger partial charge in [-0.2, -0.15) is 0 Å². The summed E-state index contributed by atoms with van der Waals surface area (Å²) in [4.78, 5) is 25.3. The minimum Gasteiger partial charge on any atom is -0.484 e. The van der Waals surface area contributed by atoms with Gasteiger partial charge in [-0.15, -0.1) is 11.3 Å². The van der Waals surface area contributed by atoms with Crippen LogP contribution in [0.4, 0.5) is 5.69 Å². The summed E-state index contributed by atoms with van der Waals surface area (Å²) in [5, 5.41) is 2.86. The van der Waals surface area contributed by atoms with Gasteiger partial charge in [-0.1, -0.05) is 0 Å². The van der Waals surface area contributed by atoms with Crippen LogP contribution in [0.5, 0.6) is 5.75 Å². The van der Waals surface area contributed by atoms with E-state index in [-0.39, 0.29) is 12.5 Å². The summed E-state index contributed by atoms with van der Waals surface area (Å²) in [6.45, 7) is 4.06. The molecule has 24 heavy (non-hydrogen) atoms. The molecule has 0 radical (unpaired) electrons. The highest BCUT2D eigenvalue weighted by atomic mass is 32.1. The highest BCUT2D eigenvalue weighted by Gasteiger charge is 2.06. The fraction of sp³-hybridized carbons (Fsp3) is 0.333. The number of hydrogen-bond donors (Lipinski definition) is 2. The maximum absolute atomic E-state index is 12.0. The zero-order chi connectivity index (χ0) is 17.5. The highest BCUT2D eigenvalue weighted by Crippen LogP contribution is 2.22. The molecule has 0 aliphatic rings. The quantitative estimate of drug-likeness (QED) is 0.770. The number of rotatable bonds is 8. The zero-order valence-electron chi connectivity index (χ0n) is 13.9. The number of primary amides is 1. The molecule has 0 aliphatic carbocycles. The lowest BCUT2D eigenvalue weighted by atomic mass is 10.1. The molecule has 3 N–H and O–H groups in total. The van der Waals surface area contributed by atoms with Gasteiger partial charge in [-0.05, 0) is 62.6 Å². The lowest BCUT2D eigenvalue weighted by molar-refractivity contribution is -0.120. The number of ether oxygens (including phenoxy) is 1. The smallest absolute Gasteiger partial charge is 0.255 e. The van der Waals surface area contributed by atoms with Crippen LogP contribution in [0.1, 0.15) is 28.2 Å². The normalized spacial score (nSPS) is 10.4. The van der Waals surface area contributed by atoms with Gasteiger partial charge in [0.15, 0.2) is 6.61 Å². The second-order valence-electron chi connectivity index (χ2n) is 5.62. The Bertz CT molecular complexity index is 708. The van der Waals surface area contributed by atoms with E-state index < -0.39 is 5.91 Å². The number of aryl methyl sites for hydroxylation is 3. The largest absolute Gasteiger partial charge is 0.484 e. The van der Waals surface area contributed by atoms with Crippen molar-refractivity contribution in [3.63, 3.8) is 0 Å². The Hall–Kier alpha value is -2.34. The number of benzene rings is 1. The Morgan fingerprint density at radius 2 is 1.92 bits per heavy atom. The molecular formula is C18H22N2O3S. The van der Waals surface area contributed by atoms with Gasteiger partial charge in [0.2, 0.25) is 5.91 Å². The van der Waals surface area contributed by atoms with Crippen LogP contribution >= 0.6 is 11.3 Å². The van der Waals surface area contributed by atoms with Crippen molar-refractivity contribution >= 4 is 28.8 Å². The fourth-order valence-electron chi connectivity index (χ4n) is 2.38. The molecule has 2 rings (SSSR count). The van der Waals surface area contributed by atoms with Crippen LogP contribution in [0.15, 0.2) is 30.3 Å². The lowest BCUT2D eigenvalue weighted by Gasteiger charge is -2.07. The minimum atomic E-state index is -0.525. The van der Waals surface area contributed by atoms with Crippen molar-refractivity contribution in [3.8, 4) is 5.75 Å². The van der Waals surface area contributed by atoms with E-state index in [0.717, 1.165) is 12.8 Å². The van der Waals surface area contributed by atoms with Gasteiger partial charge in [0, 0.05) is 21.9 Å². The highest BCUT2D eigenvalue weighted by molar-refractivity contribution is 7.12. The SMILES string of the molecule is Cc1cc(CCCC(=O)Nc2ccc(OCC(N)=O)cc2)c(C)s1. The molecule has 0 saturated heterocycles. The molecule has 0 unspecified atom stereocenters. The summed E-state index contributed by atoms with van der Waals surface area (Å²) in [6.07, 6.45) is 2.22. The number of carbonyl (C=O) groups excluding carboxylic acids is 2. The second-order valence-corrected chi connectivity index (χ2v) is 7.08. The first kappa shape index (κ1) is 18.0. The second kappa shape index (κ2) is 8.49. The molecule has 0 fully saturated rings. The van der Waals surface area contributed by atoms with Crippen LogP contribution in [0.3, 0.4) is 0 Å². The summed E-state index contributed by atoms with van der Waals surface area (Å²) in [6, 6.07) is 9.05. The third kappa shape index (κ3) is 5.70. The van der Waals surface area contributed by atoms with E-state index in [1.165, 1.54) is 15.3 Å². The van der Waals surface area contributed by atoms with E-state index in [9.17, 15) is 9.59 Å². The zero-order valence-corrected chi connectivity index (χ0v) is 14.7. The summed E-state index contributed by atoms with van der Waals surface area (Å²) >= 11 is 1.80. The standard InChI is InChI=1S/C18H22N2O3S/c1-12-10-14(13(2)24-12)4-3-5-18(22)20-15-6-8-16(9-7-15)23-11-17(19)21/h6-10H,3-5,11H2,1-2H3,(H2,19,21)(H,20,22). The monoisotopic (exact) mass is 346 g/mol.